The Hall–Kier alpha value is -1.03. The Kier molecular flexibility index (Phi) is 5.20. The van der Waals surface area contributed by atoms with Gasteiger partial charge in [0.15, 0.2) is 0 Å². The van der Waals surface area contributed by atoms with Gasteiger partial charge in [-0.05, 0) is 30.0 Å². The zero-order valence-corrected chi connectivity index (χ0v) is 10.8. The molecule has 1 nitrogen and oxygen atoms in total. The molecule has 0 saturated carbocycles. The summed E-state index contributed by atoms with van der Waals surface area (Å²) in [5, 5.41) is 0. The zero-order chi connectivity index (χ0) is 13.8. The first kappa shape index (κ1) is 15.0. The van der Waals surface area contributed by atoms with Gasteiger partial charge in [0.25, 0.3) is 0 Å². The highest BCUT2D eigenvalue weighted by molar-refractivity contribution is 5.29. The maximum atomic E-state index is 12.7. The second-order valence-corrected chi connectivity index (χ2v) is 4.73. The van der Waals surface area contributed by atoms with Gasteiger partial charge >= 0.3 is 6.18 Å². The van der Waals surface area contributed by atoms with Crippen LogP contribution in [0.1, 0.15) is 43.7 Å². The largest absolute Gasteiger partial charge is 0.416 e. The molecule has 0 heterocycles. The lowest BCUT2D eigenvalue weighted by atomic mass is 9.84. The number of hydrogen-bond acceptors (Lipinski definition) is 1. The third kappa shape index (κ3) is 3.73. The van der Waals surface area contributed by atoms with Crippen LogP contribution in [0.3, 0.4) is 0 Å². The summed E-state index contributed by atoms with van der Waals surface area (Å²) in [5.41, 5.74) is 5.81. The standard InChI is InChI=1S/C14H20F3N/c1-3-5-10(2)13(9-18)11-6-4-7-12(8-11)14(15,16)17/h4,6-8,10,13H,3,5,9,18H2,1-2H3. The van der Waals surface area contributed by atoms with Crippen LogP contribution in [0.15, 0.2) is 24.3 Å². The van der Waals surface area contributed by atoms with E-state index in [1.807, 2.05) is 6.92 Å². The van der Waals surface area contributed by atoms with Crippen molar-refractivity contribution in [2.24, 2.45) is 11.7 Å². The van der Waals surface area contributed by atoms with Crippen molar-refractivity contribution in [3.05, 3.63) is 35.4 Å². The van der Waals surface area contributed by atoms with Gasteiger partial charge in [-0.25, -0.2) is 0 Å². The molecule has 1 rings (SSSR count). The highest BCUT2D eigenvalue weighted by Gasteiger charge is 2.31. The highest BCUT2D eigenvalue weighted by Crippen LogP contribution is 2.33. The zero-order valence-electron chi connectivity index (χ0n) is 10.8. The lowest BCUT2D eigenvalue weighted by molar-refractivity contribution is -0.137. The Balaban J connectivity index is 3.00. The van der Waals surface area contributed by atoms with Crippen LogP contribution in [-0.2, 0) is 6.18 Å². The van der Waals surface area contributed by atoms with E-state index in [2.05, 4.69) is 6.92 Å². The molecule has 0 aliphatic heterocycles. The monoisotopic (exact) mass is 259 g/mol. The summed E-state index contributed by atoms with van der Waals surface area (Å²) in [6.07, 6.45) is -2.31. The molecular formula is C14H20F3N. The van der Waals surface area contributed by atoms with E-state index in [1.54, 1.807) is 6.07 Å². The number of hydrogen-bond donors (Lipinski definition) is 1. The SMILES string of the molecule is CCCC(C)C(CN)c1cccc(C(F)(F)F)c1. The number of nitrogens with two attached hydrogens (primary N) is 1. The van der Waals surface area contributed by atoms with Crippen LogP contribution < -0.4 is 5.73 Å². The van der Waals surface area contributed by atoms with Crippen LogP contribution in [0.25, 0.3) is 0 Å². The second kappa shape index (κ2) is 6.23. The number of alkyl halides is 3. The van der Waals surface area contributed by atoms with Gasteiger partial charge < -0.3 is 5.73 Å². The van der Waals surface area contributed by atoms with E-state index in [1.165, 1.54) is 12.1 Å². The molecule has 0 aliphatic carbocycles. The molecule has 0 saturated heterocycles. The Labute approximate surface area is 106 Å². The molecule has 0 aliphatic rings. The van der Waals surface area contributed by atoms with Crippen LogP contribution in [0.2, 0.25) is 0 Å². The van der Waals surface area contributed by atoms with Crippen molar-refractivity contribution in [1.82, 2.24) is 0 Å². The molecule has 0 amide bonds. The van der Waals surface area contributed by atoms with E-state index in [4.69, 9.17) is 5.73 Å². The summed E-state index contributed by atoms with van der Waals surface area (Å²) in [7, 11) is 0. The van der Waals surface area contributed by atoms with Gasteiger partial charge in [-0.2, -0.15) is 13.2 Å². The molecule has 2 unspecified atom stereocenters. The van der Waals surface area contributed by atoms with Gasteiger partial charge in [-0.1, -0.05) is 44.9 Å². The van der Waals surface area contributed by atoms with Crippen LogP contribution >= 0.6 is 0 Å². The van der Waals surface area contributed by atoms with E-state index in [0.717, 1.165) is 18.9 Å². The second-order valence-electron chi connectivity index (χ2n) is 4.73. The fourth-order valence-corrected chi connectivity index (χ4v) is 2.30. The van der Waals surface area contributed by atoms with Crippen molar-refractivity contribution in [2.45, 2.75) is 38.8 Å². The van der Waals surface area contributed by atoms with Gasteiger partial charge in [0.1, 0.15) is 0 Å². The van der Waals surface area contributed by atoms with Gasteiger partial charge in [0.2, 0.25) is 0 Å². The fourth-order valence-electron chi connectivity index (χ4n) is 2.30. The van der Waals surface area contributed by atoms with E-state index >= 15 is 0 Å². The first-order chi connectivity index (χ1) is 8.40. The van der Waals surface area contributed by atoms with Crippen molar-refractivity contribution in [1.29, 1.82) is 0 Å². The number of benzene rings is 1. The van der Waals surface area contributed by atoms with Crippen molar-refractivity contribution >= 4 is 0 Å². The van der Waals surface area contributed by atoms with Crippen molar-refractivity contribution in [3.63, 3.8) is 0 Å². The van der Waals surface area contributed by atoms with Crippen LogP contribution in [0.5, 0.6) is 0 Å². The molecule has 2 N–H and O–H groups in total. The topological polar surface area (TPSA) is 26.0 Å². The lowest BCUT2D eigenvalue weighted by Gasteiger charge is -2.23. The number of halogens is 3. The molecule has 18 heavy (non-hydrogen) atoms. The molecule has 0 fully saturated rings. The van der Waals surface area contributed by atoms with Crippen LogP contribution in [-0.4, -0.2) is 6.54 Å². The first-order valence-corrected chi connectivity index (χ1v) is 6.27. The minimum atomic E-state index is -4.29. The van der Waals surface area contributed by atoms with Gasteiger partial charge in [-0.15, -0.1) is 0 Å². The molecule has 1 aromatic rings. The van der Waals surface area contributed by atoms with Crippen molar-refractivity contribution in [2.75, 3.05) is 6.54 Å². The summed E-state index contributed by atoms with van der Waals surface area (Å²) < 4.78 is 38.0. The molecule has 0 bridgehead atoms. The lowest BCUT2D eigenvalue weighted by Crippen LogP contribution is -2.20. The summed E-state index contributed by atoms with van der Waals surface area (Å²) in [4.78, 5) is 0. The molecule has 4 heteroatoms. The molecular weight excluding hydrogens is 239 g/mol. The van der Waals surface area contributed by atoms with Crippen molar-refractivity contribution < 1.29 is 13.2 Å². The first-order valence-electron chi connectivity index (χ1n) is 6.27. The summed E-state index contributed by atoms with van der Waals surface area (Å²) in [6, 6.07) is 5.52. The Morgan fingerprint density at radius 1 is 1.28 bits per heavy atom. The maximum Gasteiger partial charge on any atom is 0.416 e. The van der Waals surface area contributed by atoms with E-state index in [0.29, 0.717) is 18.0 Å². The van der Waals surface area contributed by atoms with E-state index in [-0.39, 0.29) is 5.92 Å². The number of rotatable bonds is 5. The molecule has 0 radical (unpaired) electrons. The molecule has 0 aromatic heterocycles. The minimum Gasteiger partial charge on any atom is -0.330 e. The normalized spacial score (nSPS) is 15.4. The minimum absolute atomic E-state index is 0.00718. The predicted octanol–water partition coefficient (Wildman–Crippen LogP) is 4.18. The molecule has 0 spiro atoms. The van der Waals surface area contributed by atoms with Gasteiger partial charge in [0.05, 0.1) is 5.56 Å². The molecule has 102 valence electrons. The van der Waals surface area contributed by atoms with E-state index < -0.39 is 11.7 Å². The smallest absolute Gasteiger partial charge is 0.330 e. The van der Waals surface area contributed by atoms with Gasteiger partial charge in [0, 0.05) is 0 Å². The molecule has 2 atom stereocenters. The van der Waals surface area contributed by atoms with Crippen LogP contribution in [0, 0.1) is 5.92 Å². The average Bonchev–Trinajstić information content (AvgIpc) is 2.29. The predicted molar refractivity (Wildman–Crippen MR) is 67.3 cm³/mol. The third-order valence-corrected chi connectivity index (χ3v) is 3.33. The van der Waals surface area contributed by atoms with E-state index in [9.17, 15) is 13.2 Å². The van der Waals surface area contributed by atoms with Crippen molar-refractivity contribution in [3.8, 4) is 0 Å². The summed E-state index contributed by atoms with van der Waals surface area (Å²) >= 11 is 0. The Morgan fingerprint density at radius 2 is 1.94 bits per heavy atom. The quantitative estimate of drug-likeness (QED) is 0.843. The highest BCUT2D eigenvalue weighted by atomic mass is 19.4. The fraction of sp³-hybridized carbons (Fsp3) is 0.571. The molecule has 1 aromatic carbocycles. The summed E-state index contributed by atoms with van der Waals surface area (Å²) in [6.45, 7) is 4.49. The van der Waals surface area contributed by atoms with Gasteiger partial charge in [-0.3, -0.25) is 0 Å². The maximum absolute atomic E-state index is 12.7. The van der Waals surface area contributed by atoms with Crippen LogP contribution in [0.4, 0.5) is 13.2 Å². The Bertz CT molecular complexity index is 374. The summed E-state index contributed by atoms with van der Waals surface area (Å²) in [5.74, 6) is 0.288. The average molecular weight is 259 g/mol. The Morgan fingerprint density at radius 3 is 2.44 bits per heavy atom. The third-order valence-electron chi connectivity index (χ3n) is 3.33.